The molecule has 0 bridgehead atoms. The van der Waals surface area contributed by atoms with E-state index in [0.29, 0.717) is 0 Å². The average molecular weight is 478 g/mol. The van der Waals surface area contributed by atoms with Crippen molar-refractivity contribution in [2.24, 2.45) is 0 Å². The molecule has 0 heterocycles. The average Bonchev–Trinajstić information content (AvgIpc) is 2.68. The zero-order valence-corrected chi connectivity index (χ0v) is 20.7. The second-order valence-corrected chi connectivity index (χ2v) is 11.0. The number of rotatable bonds is 8. The standard InChI is InChI=1S/C24H32FN3O4S/c1-17-10-7-8-11-19(17)15-27(18(2)23(30)26-24(3,4)5)22(29)16-28(33(6,31)32)21-13-9-12-20(25)14-21/h7-14,18H,15-16H2,1-6H3,(H,26,30). The Morgan fingerprint density at radius 3 is 2.27 bits per heavy atom. The fourth-order valence-corrected chi connectivity index (χ4v) is 4.11. The van der Waals surface area contributed by atoms with Crippen molar-refractivity contribution in [1.82, 2.24) is 10.2 Å². The van der Waals surface area contributed by atoms with Crippen LogP contribution in [0.2, 0.25) is 0 Å². The maximum absolute atomic E-state index is 13.8. The van der Waals surface area contributed by atoms with Gasteiger partial charge in [0.05, 0.1) is 11.9 Å². The Bertz CT molecular complexity index is 1110. The first kappa shape index (κ1) is 26.3. The summed E-state index contributed by atoms with van der Waals surface area (Å²) in [7, 11) is -3.90. The molecule has 0 aromatic heterocycles. The van der Waals surface area contributed by atoms with E-state index >= 15 is 0 Å². The predicted molar refractivity (Wildman–Crippen MR) is 128 cm³/mol. The van der Waals surface area contributed by atoms with E-state index in [-0.39, 0.29) is 18.1 Å². The van der Waals surface area contributed by atoms with Gasteiger partial charge in [-0.05, 0) is 63.9 Å². The maximum atomic E-state index is 13.8. The minimum Gasteiger partial charge on any atom is -0.350 e. The van der Waals surface area contributed by atoms with Crippen molar-refractivity contribution in [3.05, 3.63) is 65.5 Å². The Morgan fingerprint density at radius 2 is 1.73 bits per heavy atom. The number of anilines is 1. The van der Waals surface area contributed by atoms with E-state index in [9.17, 15) is 22.4 Å². The van der Waals surface area contributed by atoms with Crippen molar-refractivity contribution in [2.75, 3.05) is 17.1 Å². The van der Waals surface area contributed by atoms with Gasteiger partial charge < -0.3 is 10.2 Å². The lowest BCUT2D eigenvalue weighted by Crippen LogP contribution is -2.54. The van der Waals surface area contributed by atoms with Crippen LogP contribution in [0.4, 0.5) is 10.1 Å². The summed E-state index contributed by atoms with van der Waals surface area (Å²) in [6, 6.07) is 11.6. The van der Waals surface area contributed by atoms with Gasteiger partial charge in [-0.1, -0.05) is 30.3 Å². The van der Waals surface area contributed by atoms with Gasteiger partial charge in [0, 0.05) is 12.1 Å². The number of nitrogens with one attached hydrogen (secondary N) is 1. The Morgan fingerprint density at radius 1 is 1.09 bits per heavy atom. The highest BCUT2D eigenvalue weighted by molar-refractivity contribution is 7.92. The maximum Gasteiger partial charge on any atom is 0.244 e. The predicted octanol–water partition coefficient (Wildman–Crippen LogP) is 3.23. The third-order valence-corrected chi connectivity index (χ3v) is 6.18. The fourth-order valence-electron chi connectivity index (χ4n) is 3.27. The second kappa shape index (κ2) is 10.3. The Labute approximate surface area is 195 Å². The summed E-state index contributed by atoms with van der Waals surface area (Å²) in [5.41, 5.74) is 1.29. The number of hydrogen-bond donors (Lipinski definition) is 1. The molecule has 2 aromatic carbocycles. The first-order chi connectivity index (χ1) is 15.2. The molecular weight excluding hydrogens is 445 g/mol. The monoisotopic (exact) mass is 477 g/mol. The summed E-state index contributed by atoms with van der Waals surface area (Å²) < 4.78 is 39.5. The smallest absolute Gasteiger partial charge is 0.244 e. The lowest BCUT2D eigenvalue weighted by atomic mass is 10.1. The lowest BCUT2D eigenvalue weighted by molar-refractivity contribution is -0.140. The molecule has 0 aliphatic carbocycles. The quantitative estimate of drug-likeness (QED) is 0.633. The molecule has 1 N–H and O–H groups in total. The fraction of sp³-hybridized carbons (Fsp3) is 0.417. The highest BCUT2D eigenvalue weighted by Crippen LogP contribution is 2.20. The van der Waals surface area contributed by atoms with Crippen LogP contribution in [0.5, 0.6) is 0 Å². The van der Waals surface area contributed by atoms with Crippen LogP contribution in [0, 0.1) is 12.7 Å². The second-order valence-electron chi connectivity index (χ2n) is 9.11. The molecule has 0 fully saturated rings. The largest absolute Gasteiger partial charge is 0.350 e. The Balaban J connectivity index is 2.42. The van der Waals surface area contributed by atoms with E-state index in [1.54, 1.807) is 6.92 Å². The zero-order valence-electron chi connectivity index (χ0n) is 19.9. The Kier molecular flexibility index (Phi) is 8.24. The summed E-state index contributed by atoms with van der Waals surface area (Å²) in [5, 5.41) is 2.86. The van der Waals surface area contributed by atoms with Crippen LogP contribution in [0.3, 0.4) is 0 Å². The van der Waals surface area contributed by atoms with Gasteiger partial charge in [0.1, 0.15) is 18.4 Å². The van der Waals surface area contributed by atoms with Crippen molar-refractivity contribution in [2.45, 2.75) is 52.7 Å². The van der Waals surface area contributed by atoms with Crippen LogP contribution in [0.15, 0.2) is 48.5 Å². The molecule has 0 spiro atoms. The minimum atomic E-state index is -3.90. The number of aryl methyl sites for hydroxylation is 1. The van der Waals surface area contributed by atoms with Crippen LogP contribution < -0.4 is 9.62 Å². The summed E-state index contributed by atoms with van der Waals surface area (Å²) in [4.78, 5) is 27.7. The molecule has 2 amide bonds. The molecule has 0 saturated heterocycles. The topological polar surface area (TPSA) is 86.8 Å². The molecule has 7 nitrogen and oxygen atoms in total. The summed E-state index contributed by atoms with van der Waals surface area (Å²) in [5.74, 6) is -1.56. The summed E-state index contributed by atoms with van der Waals surface area (Å²) in [6.07, 6.45) is 0.951. The third kappa shape index (κ3) is 7.56. The van der Waals surface area contributed by atoms with Crippen molar-refractivity contribution >= 4 is 27.5 Å². The molecule has 0 radical (unpaired) electrons. The van der Waals surface area contributed by atoms with Gasteiger partial charge in [0.2, 0.25) is 21.8 Å². The van der Waals surface area contributed by atoms with E-state index in [1.165, 1.54) is 23.1 Å². The zero-order chi connectivity index (χ0) is 25.0. The molecule has 1 unspecified atom stereocenters. The van der Waals surface area contributed by atoms with Gasteiger partial charge in [0.15, 0.2) is 0 Å². The SMILES string of the molecule is Cc1ccccc1CN(C(=O)CN(c1cccc(F)c1)S(C)(=O)=O)C(C)C(=O)NC(C)(C)C. The number of halogens is 1. The van der Waals surface area contributed by atoms with Crippen molar-refractivity contribution < 1.29 is 22.4 Å². The van der Waals surface area contributed by atoms with Gasteiger partial charge in [-0.15, -0.1) is 0 Å². The van der Waals surface area contributed by atoms with Crippen LogP contribution in [-0.4, -0.2) is 49.5 Å². The number of hydrogen-bond acceptors (Lipinski definition) is 4. The van der Waals surface area contributed by atoms with Gasteiger partial charge in [-0.2, -0.15) is 0 Å². The van der Waals surface area contributed by atoms with Crippen LogP contribution in [0.1, 0.15) is 38.8 Å². The number of carbonyl (C=O) groups excluding carboxylic acids is 2. The van der Waals surface area contributed by atoms with Gasteiger partial charge >= 0.3 is 0 Å². The van der Waals surface area contributed by atoms with E-state index in [1.807, 2.05) is 52.0 Å². The molecule has 33 heavy (non-hydrogen) atoms. The molecule has 0 aliphatic heterocycles. The molecule has 0 saturated carbocycles. The first-order valence-electron chi connectivity index (χ1n) is 10.6. The summed E-state index contributed by atoms with van der Waals surface area (Å²) >= 11 is 0. The minimum absolute atomic E-state index is 0.0356. The van der Waals surface area contributed by atoms with Crippen molar-refractivity contribution in [3.8, 4) is 0 Å². The highest BCUT2D eigenvalue weighted by atomic mass is 32.2. The van der Waals surface area contributed by atoms with Gasteiger partial charge in [-0.25, -0.2) is 12.8 Å². The van der Waals surface area contributed by atoms with Crippen LogP contribution >= 0.6 is 0 Å². The molecule has 9 heteroatoms. The molecule has 0 aliphatic rings. The van der Waals surface area contributed by atoms with Gasteiger partial charge in [0.25, 0.3) is 0 Å². The van der Waals surface area contributed by atoms with E-state index in [0.717, 1.165) is 27.8 Å². The number of sulfonamides is 1. The highest BCUT2D eigenvalue weighted by Gasteiger charge is 2.31. The number of benzene rings is 2. The molecule has 180 valence electrons. The van der Waals surface area contributed by atoms with E-state index in [4.69, 9.17) is 0 Å². The molecule has 1 atom stereocenters. The number of amides is 2. The summed E-state index contributed by atoms with van der Waals surface area (Å²) in [6.45, 7) is 8.55. The Hall–Kier alpha value is -2.94. The molecular formula is C24H32FN3O4S. The lowest BCUT2D eigenvalue weighted by Gasteiger charge is -2.33. The first-order valence-corrected chi connectivity index (χ1v) is 12.4. The van der Waals surface area contributed by atoms with Crippen LogP contribution in [-0.2, 0) is 26.2 Å². The normalized spacial score (nSPS) is 12.7. The number of carbonyl (C=O) groups is 2. The van der Waals surface area contributed by atoms with Crippen molar-refractivity contribution in [3.63, 3.8) is 0 Å². The van der Waals surface area contributed by atoms with Gasteiger partial charge in [-0.3, -0.25) is 13.9 Å². The third-order valence-electron chi connectivity index (χ3n) is 5.04. The van der Waals surface area contributed by atoms with Crippen molar-refractivity contribution in [1.29, 1.82) is 0 Å². The van der Waals surface area contributed by atoms with Crippen LogP contribution in [0.25, 0.3) is 0 Å². The molecule has 2 aromatic rings. The van der Waals surface area contributed by atoms with E-state index in [2.05, 4.69) is 5.32 Å². The number of nitrogens with zero attached hydrogens (tertiary/aromatic N) is 2. The van der Waals surface area contributed by atoms with E-state index < -0.39 is 39.9 Å². The molecule has 2 rings (SSSR count).